The van der Waals surface area contributed by atoms with Crippen LogP contribution >= 0.6 is 0 Å². The van der Waals surface area contributed by atoms with Gasteiger partial charge in [-0.05, 0) is 41.8 Å². The molecule has 2 heterocycles. The molecule has 0 aliphatic carbocycles. The topological polar surface area (TPSA) is 43.4 Å². The zero-order valence-corrected chi connectivity index (χ0v) is 10.8. The first kappa shape index (κ1) is 12.0. The van der Waals surface area contributed by atoms with E-state index in [1.807, 2.05) is 30.6 Å². The molecule has 0 saturated heterocycles. The average Bonchev–Trinajstić information content (AvgIpc) is 2.88. The van der Waals surface area contributed by atoms with Crippen LogP contribution in [-0.4, -0.2) is 11.8 Å². The molecule has 0 atom stereocenters. The third kappa shape index (κ3) is 2.69. The minimum absolute atomic E-state index is 0.322. The molecule has 4 heteroatoms. The largest absolute Gasteiger partial charge is 0.454 e. The monoisotopic (exact) mass is 256 g/mol. The number of aryl methyl sites for hydroxylation is 1. The van der Waals surface area contributed by atoms with Crippen LogP contribution in [0.2, 0.25) is 0 Å². The summed E-state index contributed by atoms with van der Waals surface area (Å²) >= 11 is 0. The van der Waals surface area contributed by atoms with E-state index >= 15 is 0 Å². The number of aromatic nitrogens is 1. The molecule has 1 aliphatic rings. The summed E-state index contributed by atoms with van der Waals surface area (Å²) in [6.45, 7) is 4.04. The van der Waals surface area contributed by atoms with Crippen molar-refractivity contribution in [2.24, 2.45) is 0 Å². The molecule has 0 bridgehead atoms. The molecule has 0 radical (unpaired) electrons. The number of rotatable bonds is 4. The van der Waals surface area contributed by atoms with Crippen molar-refractivity contribution < 1.29 is 9.47 Å². The normalized spacial score (nSPS) is 12.7. The maximum Gasteiger partial charge on any atom is 0.231 e. The van der Waals surface area contributed by atoms with Gasteiger partial charge in [-0.3, -0.25) is 4.98 Å². The van der Waals surface area contributed by atoms with Gasteiger partial charge in [0.05, 0.1) is 0 Å². The number of hydrogen-bond donors (Lipinski definition) is 1. The number of nitrogens with zero attached hydrogens (tertiary/aromatic N) is 1. The van der Waals surface area contributed by atoms with E-state index in [1.165, 1.54) is 16.7 Å². The van der Waals surface area contributed by atoms with E-state index in [4.69, 9.17) is 9.47 Å². The number of fused-ring (bicyclic) bond motifs is 1. The van der Waals surface area contributed by atoms with E-state index in [2.05, 4.69) is 23.3 Å². The summed E-state index contributed by atoms with van der Waals surface area (Å²) in [5.74, 6) is 1.66. The third-order valence-electron chi connectivity index (χ3n) is 3.22. The van der Waals surface area contributed by atoms with Gasteiger partial charge < -0.3 is 14.8 Å². The highest BCUT2D eigenvalue weighted by molar-refractivity contribution is 5.44. The number of ether oxygens (including phenoxy) is 2. The Kier molecular flexibility index (Phi) is 3.33. The standard InChI is InChI=1S/C15H16N2O2/c1-11-7-16-5-4-13(11)9-17-8-12-2-3-14-15(6-12)19-10-18-14/h2-7,17H,8-10H2,1H3. The minimum Gasteiger partial charge on any atom is -0.454 e. The molecule has 1 aromatic carbocycles. The Morgan fingerprint density at radius 1 is 1.16 bits per heavy atom. The van der Waals surface area contributed by atoms with Crippen molar-refractivity contribution in [1.29, 1.82) is 0 Å². The van der Waals surface area contributed by atoms with Crippen molar-refractivity contribution in [3.8, 4) is 11.5 Å². The molecule has 0 amide bonds. The van der Waals surface area contributed by atoms with E-state index in [-0.39, 0.29) is 0 Å². The fraction of sp³-hybridized carbons (Fsp3) is 0.267. The molecule has 4 nitrogen and oxygen atoms in total. The molecule has 98 valence electrons. The first-order valence-corrected chi connectivity index (χ1v) is 6.31. The van der Waals surface area contributed by atoms with Crippen LogP contribution in [0.3, 0.4) is 0 Å². The first-order chi connectivity index (χ1) is 9.33. The van der Waals surface area contributed by atoms with Gasteiger partial charge in [0.1, 0.15) is 0 Å². The SMILES string of the molecule is Cc1cnccc1CNCc1ccc2c(c1)OCO2. The fourth-order valence-electron chi connectivity index (χ4n) is 2.09. The summed E-state index contributed by atoms with van der Waals surface area (Å²) in [6.07, 6.45) is 3.71. The second-order valence-electron chi connectivity index (χ2n) is 4.59. The van der Waals surface area contributed by atoms with E-state index in [0.29, 0.717) is 6.79 Å². The zero-order chi connectivity index (χ0) is 13.1. The Hall–Kier alpha value is -2.07. The van der Waals surface area contributed by atoms with Crippen LogP contribution in [0.5, 0.6) is 11.5 Å². The predicted octanol–water partition coefficient (Wildman–Crippen LogP) is 2.41. The predicted molar refractivity (Wildman–Crippen MR) is 72.1 cm³/mol. The van der Waals surface area contributed by atoms with Crippen molar-refractivity contribution in [2.45, 2.75) is 20.0 Å². The van der Waals surface area contributed by atoms with Crippen molar-refractivity contribution in [2.75, 3.05) is 6.79 Å². The smallest absolute Gasteiger partial charge is 0.231 e. The highest BCUT2D eigenvalue weighted by atomic mass is 16.7. The van der Waals surface area contributed by atoms with Crippen LogP contribution < -0.4 is 14.8 Å². The van der Waals surface area contributed by atoms with Gasteiger partial charge in [-0.15, -0.1) is 0 Å². The fourth-order valence-corrected chi connectivity index (χ4v) is 2.09. The van der Waals surface area contributed by atoms with E-state index in [9.17, 15) is 0 Å². The Balaban J connectivity index is 1.59. The Morgan fingerprint density at radius 3 is 2.95 bits per heavy atom. The summed E-state index contributed by atoms with van der Waals surface area (Å²) in [6, 6.07) is 8.08. The van der Waals surface area contributed by atoms with E-state index in [0.717, 1.165) is 24.6 Å². The molecule has 1 aromatic heterocycles. The van der Waals surface area contributed by atoms with Crippen LogP contribution in [0.25, 0.3) is 0 Å². The first-order valence-electron chi connectivity index (χ1n) is 6.31. The lowest BCUT2D eigenvalue weighted by molar-refractivity contribution is 0.174. The van der Waals surface area contributed by atoms with Gasteiger partial charge in [0.2, 0.25) is 6.79 Å². The van der Waals surface area contributed by atoms with Gasteiger partial charge in [0, 0.05) is 25.5 Å². The Morgan fingerprint density at radius 2 is 2.05 bits per heavy atom. The van der Waals surface area contributed by atoms with Crippen molar-refractivity contribution in [1.82, 2.24) is 10.3 Å². The van der Waals surface area contributed by atoms with Crippen LogP contribution in [0.4, 0.5) is 0 Å². The zero-order valence-electron chi connectivity index (χ0n) is 10.8. The van der Waals surface area contributed by atoms with Crippen LogP contribution in [-0.2, 0) is 13.1 Å². The van der Waals surface area contributed by atoms with Crippen molar-refractivity contribution in [3.05, 3.63) is 53.3 Å². The molecular formula is C15H16N2O2. The highest BCUT2D eigenvalue weighted by Crippen LogP contribution is 2.32. The summed E-state index contributed by atoms with van der Waals surface area (Å²) in [5.41, 5.74) is 3.67. The van der Waals surface area contributed by atoms with Crippen LogP contribution in [0.15, 0.2) is 36.7 Å². The van der Waals surface area contributed by atoms with Gasteiger partial charge in [-0.1, -0.05) is 6.07 Å². The number of nitrogens with one attached hydrogen (secondary N) is 1. The van der Waals surface area contributed by atoms with Crippen LogP contribution in [0, 0.1) is 6.92 Å². The maximum absolute atomic E-state index is 5.36. The van der Waals surface area contributed by atoms with E-state index < -0.39 is 0 Å². The highest BCUT2D eigenvalue weighted by Gasteiger charge is 2.12. The van der Waals surface area contributed by atoms with Gasteiger partial charge in [-0.2, -0.15) is 0 Å². The maximum atomic E-state index is 5.36. The average molecular weight is 256 g/mol. The second kappa shape index (κ2) is 5.28. The quantitative estimate of drug-likeness (QED) is 0.912. The van der Waals surface area contributed by atoms with Gasteiger partial charge >= 0.3 is 0 Å². The summed E-state index contributed by atoms with van der Waals surface area (Å²) in [4.78, 5) is 4.09. The number of pyridine rings is 1. The third-order valence-corrected chi connectivity index (χ3v) is 3.22. The molecule has 0 fully saturated rings. The van der Waals surface area contributed by atoms with Crippen LogP contribution in [0.1, 0.15) is 16.7 Å². The summed E-state index contributed by atoms with van der Waals surface area (Å²) in [7, 11) is 0. The molecule has 19 heavy (non-hydrogen) atoms. The molecular weight excluding hydrogens is 240 g/mol. The second-order valence-corrected chi connectivity index (χ2v) is 4.59. The lowest BCUT2D eigenvalue weighted by Gasteiger charge is -2.08. The Labute approximate surface area is 112 Å². The molecule has 0 spiro atoms. The van der Waals surface area contributed by atoms with Crippen molar-refractivity contribution >= 4 is 0 Å². The van der Waals surface area contributed by atoms with E-state index in [1.54, 1.807) is 0 Å². The number of benzene rings is 1. The molecule has 0 saturated carbocycles. The lowest BCUT2D eigenvalue weighted by atomic mass is 10.1. The molecule has 3 rings (SSSR count). The van der Waals surface area contributed by atoms with Gasteiger partial charge in [-0.25, -0.2) is 0 Å². The molecule has 2 aromatic rings. The number of hydrogen-bond acceptors (Lipinski definition) is 4. The minimum atomic E-state index is 0.322. The van der Waals surface area contributed by atoms with Gasteiger partial charge in [0.15, 0.2) is 11.5 Å². The summed E-state index contributed by atoms with van der Waals surface area (Å²) in [5, 5.41) is 3.43. The molecule has 1 aliphatic heterocycles. The van der Waals surface area contributed by atoms with Gasteiger partial charge in [0.25, 0.3) is 0 Å². The molecule has 0 unspecified atom stereocenters. The van der Waals surface area contributed by atoms with Crippen molar-refractivity contribution in [3.63, 3.8) is 0 Å². The summed E-state index contributed by atoms with van der Waals surface area (Å²) < 4.78 is 10.7. The lowest BCUT2D eigenvalue weighted by Crippen LogP contribution is -2.13. The molecule has 1 N–H and O–H groups in total. The Bertz CT molecular complexity index is 584.